The van der Waals surface area contributed by atoms with E-state index in [9.17, 15) is 4.79 Å². The number of ether oxygens (including phenoxy) is 1. The summed E-state index contributed by atoms with van der Waals surface area (Å²) in [5, 5.41) is 5.36. The van der Waals surface area contributed by atoms with Crippen molar-refractivity contribution in [3.05, 3.63) is 42.0 Å². The molecule has 0 unspecified atom stereocenters. The number of hydrogen-bond donors (Lipinski definition) is 2. The minimum atomic E-state index is -0.735. The van der Waals surface area contributed by atoms with Gasteiger partial charge in [0.05, 0.1) is 12.6 Å². The summed E-state index contributed by atoms with van der Waals surface area (Å²) in [6.07, 6.45) is 0. The number of fused-ring (bicyclic) bond motifs is 1. The monoisotopic (exact) mass is 272 g/mol. The first-order chi connectivity index (χ1) is 9.45. The Labute approximate surface area is 118 Å². The van der Waals surface area contributed by atoms with Gasteiger partial charge in [-0.05, 0) is 30.9 Å². The topological polar surface area (TPSA) is 64.3 Å². The zero-order valence-electron chi connectivity index (χ0n) is 12.1. The van der Waals surface area contributed by atoms with Crippen LogP contribution in [0.5, 0.6) is 5.75 Å². The second-order valence-corrected chi connectivity index (χ2v) is 5.32. The van der Waals surface area contributed by atoms with E-state index in [0.717, 1.165) is 22.1 Å². The quantitative estimate of drug-likeness (QED) is 0.877. The van der Waals surface area contributed by atoms with Crippen molar-refractivity contribution in [1.29, 1.82) is 0 Å². The molecule has 3 N–H and O–H groups in total. The van der Waals surface area contributed by atoms with Crippen molar-refractivity contribution >= 4 is 16.7 Å². The van der Waals surface area contributed by atoms with Crippen LogP contribution in [0.4, 0.5) is 0 Å². The minimum Gasteiger partial charge on any atom is -0.496 e. The zero-order valence-corrected chi connectivity index (χ0v) is 12.1. The summed E-state index contributed by atoms with van der Waals surface area (Å²) in [5.74, 6) is 0.480. The summed E-state index contributed by atoms with van der Waals surface area (Å²) in [6, 6.07) is 12.0. The van der Waals surface area contributed by atoms with Crippen molar-refractivity contribution in [1.82, 2.24) is 5.32 Å². The van der Waals surface area contributed by atoms with E-state index in [1.807, 2.05) is 36.4 Å². The van der Waals surface area contributed by atoms with Crippen LogP contribution in [0.1, 0.15) is 19.4 Å². The largest absolute Gasteiger partial charge is 0.496 e. The van der Waals surface area contributed by atoms with Crippen LogP contribution in [-0.4, -0.2) is 18.6 Å². The normalized spacial score (nSPS) is 11.6. The smallest absolute Gasteiger partial charge is 0.237 e. The second kappa shape index (κ2) is 5.51. The molecule has 0 aliphatic heterocycles. The lowest BCUT2D eigenvalue weighted by Crippen LogP contribution is -2.50. The number of amides is 1. The predicted molar refractivity (Wildman–Crippen MR) is 80.6 cm³/mol. The van der Waals surface area contributed by atoms with Crippen molar-refractivity contribution in [2.75, 3.05) is 7.11 Å². The van der Waals surface area contributed by atoms with Gasteiger partial charge in [-0.25, -0.2) is 0 Å². The van der Waals surface area contributed by atoms with E-state index in [2.05, 4.69) is 5.32 Å². The Morgan fingerprint density at radius 2 is 1.85 bits per heavy atom. The number of benzene rings is 2. The highest BCUT2D eigenvalue weighted by Gasteiger charge is 2.23. The van der Waals surface area contributed by atoms with Crippen molar-refractivity contribution in [2.24, 2.45) is 5.73 Å². The third kappa shape index (κ3) is 2.75. The maximum Gasteiger partial charge on any atom is 0.237 e. The molecular weight excluding hydrogens is 252 g/mol. The Morgan fingerprint density at radius 3 is 2.45 bits per heavy atom. The Hall–Kier alpha value is -2.07. The summed E-state index contributed by atoms with van der Waals surface area (Å²) < 4.78 is 5.37. The predicted octanol–water partition coefficient (Wildman–Crippen LogP) is 2.20. The number of rotatable bonds is 5. The zero-order chi connectivity index (χ0) is 14.8. The lowest BCUT2D eigenvalue weighted by Gasteiger charge is -2.23. The molecule has 0 saturated heterocycles. The minimum absolute atomic E-state index is 0.365. The molecule has 4 heteroatoms. The molecule has 0 aliphatic carbocycles. The van der Waals surface area contributed by atoms with Gasteiger partial charge in [-0.1, -0.05) is 30.3 Å². The van der Waals surface area contributed by atoms with Crippen LogP contribution in [0.25, 0.3) is 10.8 Å². The molecule has 20 heavy (non-hydrogen) atoms. The van der Waals surface area contributed by atoms with Gasteiger partial charge in [0.25, 0.3) is 0 Å². The lowest BCUT2D eigenvalue weighted by atomic mass is 10.0. The van der Waals surface area contributed by atoms with Crippen LogP contribution in [0.15, 0.2) is 36.4 Å². The summed E-state index contributed by atoms with van der Waals surface area (Å²) in [6.45, 7) is 4.13. The number of methoxy groups -OCH3 is 1. The second-order valence-electron chi connectivity index (χ2n) is 5.32. The van der Waals surface area contributed by atoms with E-state index >= 15 is 0 Å². The highest BCUT2D eigenvalue weighted by Crippen LogP contribution is 2.28. The average Bonchev–Trinajstić information content (AvgIpc) is 2.44. The molecule has 1 amide bonds. The van der Waals surface area contributed by atoms with Crippen LogP contribution in [0, 0.1) is 0 Å². The fourth-order valence-corrected chi connectivity index (χ4v) is 2.07. The number of nitrogens with one attached hydrogen (secondary N) is 1. The number of primary amides is 1. The fraction of sp³-hybridized carbons (Fsp3) is 0.312. The Morgan fingerprint density at radius 1 is 1.20 bits per heavy atom. The van der Waals surface area contributed by atoms with Gasteiger partial charge >= 0.3 is 0 Å². The van der Waals surface area contributed by atoms with Crippen molar-refractivity contribution < 1.29 is 9.53 Å². The van der Waals surface area contributed by atoms with Crippen molar-refractivity contribution in [2.45, 2.75) is 25.9 Å². The van der Waals surface area contributed by atoms with Gasteiger partial charge in [0.15, 0.2) is 0 Å². The van der Waals surface area contributed by atoms with Gasteiger partial charge in [0.1, 0.15) is 5.75 Å². The molecular formula is C16H20N2O2. The first-order valence-corrected chi connectivity index (χ1v) is 6.55. The lowest BCUT2D eigenvalue weighted by molar-refractivity contribution is -0.123. The molecule has 2 rings (SSSR count). The Kier molecular flexibility index (Phi) is 3.95. The molecule has 2 aromatic carbocycles. The highest BCUT2D eigenvalue weighted by molar-refractivity contribution is 5.91. The van der Waals surface area contributed by atoms with E-state index in [1.165, 1.54) is 0 Å². The molecule has 0 saturated carbocycles. The van der Waals surface area contributed by atoms with Crippen molar-refractivity contribution in [3.63, 3.8) is 0 Å². The Balaban J connectivity index is 2.34. The summed E-state index contributed by atoms with van der Waals surface area (Å²) in [5.41, 5.74) is 5.74. The average molecular weight is 272 g/mol. The number of carbonyl (C=O) groups is 1. The van der Waals surface area contributed by atoms with Gasteiger partial charge in [-0.15, -0.1) is 0 Å². The van der Waals surface area contributed by atoms with Crippen LogP contribution in [0.2, 0.25) is 0 Å². The first-order valence-electron chi connectivity index (χ1n) is 6.55. The maximum atomic E-state index is 11.3. The molecule has 4 nitrogen and oxygen atoms in total. The number of carbonyl (C=O) groups excluding carboxylic acids is 1. The molecule has 0 aliphatic rings. The van der Waals surface area contributed by atoms with Gasteiger partial charge < -0.3 is 10.5 Å². The van der Waals surface area contributed by atoms with Crippen LogP contribution in [-0.2, 0) is 11.3 Å². The molecule has 0 radical (unpaired) electrons. The van der Waals surface area contributed by atoms with Crippen LogP contribution >= 0.6 is 0 Å². The van der Waals surface area contributed by atoms with Gasteiger partial charge in [-0.2, -0.15) is 0 Å². The third-order valence-corrected chi connectivity index (χ3v) is 3.53. The van der Waals surface area contributed by atoms with E-state index in [4.69, 9.17) is 10.5 Å². The van der Waals surface area contributed by atoms with E-state index in [-0.39, 0.29) is 5.91 Å². The molecule has 0 spiro atoms. The fourth-order valence-electron chi connectivity index (χ4n) is 2.07. The third-order valence-electron chi connectivity index (χ3n) is 3.53. The van der Waals surface area contributed by atoms with Crippen LogP contribution in [0.3, 0.4) is 0 Å². The van der Waals surface area contributed by atoms with Crippen molar-refractivity contribution in [3.8, 4) is 5.75 Å². The van der Waals surface area contributed by atoms with E-state index in [0.29, 0.717) is 6.54 Å². The number of nitrogens with two attached hydrogens (primary N) is 1. The molecule has 0 bridgehead atoms. The molecule has 0 heterocycles. The summed E-state index contributed by atoms with van der Waals surface area (Å²) in [4.78, 5) is 11.3. The van der Waals surface area contributed by atoms with Gasteiger partial charge in [0.2, 0.25) is 5.91 Å². The summed E-state index contributed by atoms with van der Waals surface area (Å²) >= 11 is 0. The standard InChI is InChI=1S/C16H20N2O2/c1-16(2,15(17)19)18-10-11-8-9-14(20-3)13-7-5-4-6-12(11)13/h4-9,18H,10H2,1-3H3,(H2,17,19). The summed E-state index contributed by atoms with van der Waals surface area (Å²) in [7, 11) is 1.66. The van der Waals surface area contributed by atoms with E-state index in [1.54, 1.807) is 21.0 Å². The first kappa shape index (κ1) is 14.3. The molecule has 106 valence electrons. The molecule has 0 atom stereocenters. The van der Waals surface area contributed by atoms with Gasteiger partial charge in [0, 0.05) is 11.9 Å². The molecule has 0 fully saturated rings. The molecule has 0 aromatic heterocycles. The Bertz CT molecular complexity index is 635. The highest BCUT2D eigenvalue weighted by atomic mass is 16.5. The SMILES string of the molecule is COc1ccc(CNC(C)(C)C(N)=O)c2ccccc12. The maximum absolute atomic E-state index is 11.3. The van der Waals surface area contributed by atoms with E-state index < -0.39 is 5.54 Å². The molecule has 2 aromatic rings. The van der Waals surface area contributed by atoms with Gasteiger partial charge in [-0.3, -0.25) is 10.1 Å². The van der Waals surface area contributed by atoms with Crippen LogP contribution < -0.4 is 15.8 Å². The number of hydrogen-bond acceptors (Lipinski definition) is 3.